The number of hydrogen-bond acceptors (Lipinski definition) is 1. The summed E-state index contributed by atoms with van der Waals surface area (Å²) in [5, 5.41) is 3.53. The van der Waals surface area contributed by atoms with Gasteiger partial charge >= 0.3 is 6.18 Å². The molecule has 1 heterocycles. The quantitative estimate of drug-likeness (QED) is 0.745. The molecule has 2 nitrogen and oxygen atoms in total. The zero-order chi connectivity index (χ0) is 12.6. The van der Waals surface area contributed by atoms with E-state index in [0.717, 1.165) is 17.2 Å². The third-order valence-electron chi connectivity index (χ3n) is 2.48. The van der Waals surface area contributed by atoms with Crippen LogP contribution in [0.2, 0.25) is 0 Å². The zero-order valence-corrected chi connectivity index (χ0v) is 9.42. The number of alkyl halides is 3. The van der Waals surface area contributed by atoms with E-state index < -0.39 is 11.9 Å². The Hall–Kier alpha value is -1.78. The summed E-state index contributed by atoms with van der Waals surface area (Å²) in [4.78, 5) is 0. The van der Waals surface area contributed by atoms with Crippen molar-refractivity contribution >= 4 is 0 Å². The first-order valence-corrected chi connectivity index (χ1v) is 5.08. The molecule has 90 valence electrons. The molecule has 0 atom stereocenters. The SMILES string of the molecule is Cc1ccc(-n2ccc(C(F)(F)F)n2)c(C)c1. The molecule has 2 aromatic rings. The van der Waals surface area contributed by atoms with Crippen LogP contribution in [0.1, 0.15) is 16.8 Å². The van der Waals surface area contributed by atoms with Gasteiger partial charge in [-0.2, -0.15) is 18.3 Å². The molecule has 1 aromatic heterocycles. The van der Waals surface area contributed by atoms with Gasteiger partial charge in [-0.15, -0.1) is 0 Å². The van der Waals surface area contributed by atoms with Gasteiger partial charge in [0.1, 0.15) is 0 Å². The van der Waals surface area contributed by atoms with E-state index >= 15 is 0 Å². The molecule has 0 fully saturated rings. The molecule has 2 rings (SSSR count). The van der Waals surface area contributed by atoms with Crippen molar-refractivity contribution in [2.24, 2.45) is 0 Å². The summed E-state index contributed by atoms with van der Waals surface area (Å²) in [5.41, 5.74) is 1.74. The number of rotatable bonds is 1. The first kappa shape index (κ1) is 11.7. The minimum atomic E-state index is -4.40. The summed E-state index contributed by atoms with van der Waals surface area (Å²) in [6, 6.07) is 6.48. The Morgan fingerprint density at radius 1 is 1.12 bits per heavy atom. The molecule has 5 heteroatoms. The first-order chi connectivity index (χ1) is 7.88. The van der Waals surface area contributed by atoms with Crippen LogP contribution in [0, 0.1) is 13.8 Å². The molecule has 0 spiro atoms. The molecular formula is C12H11F3N2. The van der Waals surface area contributed by atoms with Crippen LogP contribution >= 0.6 is 0 Å². The maximum Gasteiger partial charge on any atom is 0.435 e. The van der Waals surface area contributed by atoms with E-state index in [0.29, 0.717) is 5.69 Å². The number of hydrogen-bond donors (Lipinski definition) is 0. The summed E-state index contributed by atoms with van der Waals surface area (Å²) in [5.74, 6) is 0. The van der Waals surface area contributed by atoms with Gasteiger partial charge in [0.2, 0.25) is 0 Å². The Labute approximate surface area is 96.7 Å². The predicted octanol–water partition coefficient (Wildman–Crippen LogP) is 3.51. The topological polar surface area (TPSA) is 17.8 Å². The minimum absolute atomic E-state index is 0.658. The normalized spacial score (nSPS) is 11.8. The molecule has 0 saturated heterocycles. The molecule has 0 aliphatic rings. The fourth-order valence-electron chi connectivity index (χ4n) is 1.67. The van der Waals surface area contributed by atoms with Gasteiger partial charge in [-0.1, -0.05) is 17.7 Å². The van der Waals surface area contributed by atoms with Crippen molar-refractivity contribution < 1.29 is 13.2 Å². The van der Waals surface area contributed by atoms with E-state index in [1.165, 1.54) is 10.9 Å². The summed E-state index contributed by atoms with van der Waals surface area (Å²) in [6.07, 6.45) is -3.08. The van der Waals surface area contributed by atoms with Crippen LogP contribution in [0.25, 0.3) is 5.69 Å². The van der Waals surface area contributed by atoms with Crippen molar-refractivity contribution in [2.75, 3.05) is 0 Å². The number of benzene rings is 1. The van der Waals surface area contributed by atoms with Gasteiger partial charge in [-0.05, 0) is 31.5 Å². The van der Waals surface area contributed by atoms with Crippen molar-refractivity contribution in [3.8, 4) is 5.69 Å². The number of halogens is 3. The monoisotopic (exact) mass is 240 g/mol. The second-order valence-corrected chi connectivity index (χ2v) is 3.93. The van der Waals surface area contributed by atoms with Crippen molar-refractivity contribution in [1.82, 2.24) is 9.78 Å². The fraction of sp³-hybridized carbons (Fsp3) is 0.250. The van der Waals surface area contributed by atoms with Crippen LogP contribution in [0.15, 0.2) is 30.5 Å². The third kappa shape index (κ3) is 2.33. The lowest BCUT2D eigenvalue weighted by Gasteiger charge is -2.07. The molecular weight excluding hydrogens is 229 g/mol. The summed E-state index contributed by atoms with van der Waals surface area (Å²) in [7, 11) is 0. The highest BCUT2D eigenvalue weighted by molar-refractivity contribution is 5.42. The summed E-state index contributed by atoms with van der Waals surface area (Å²) < 4.78 is 38.5. The molecule has 1 aromatic carbocycles. The van der Waals surface area contributed by atoms with Gasteiger partial charge in [-0.3, -0.25) is 0 Å². The van der Waals surface area contributed by atoms with Gasteiger partial charge in [0.05, 0.1) is 5.69 Å². The third-order valence-corrected chi connectivity index (χ3v) is 2.48. The average Bonchev–Trinajstić information content (AvgIpc) is 2.65. The summed E-state index contributed by atoms with van der Waals surface area (Å²) >= 11 is 0. The average molecular weight is 240 g/mol. The van der Waals surface area contributed by atoms with Gasteiger partial charge < -0.3 is 0 Å². The lowest BCUT2D eigenvalue weighted by molar-refractivity contribution is -0.141. The van der Waals surface area contributed by atoms with Crippen molar-refractivity contribution in [2.45, 2.75) is 20.0 Å². The Balaban J connectivity index is 2.44. The van der Waals surface area contributed by atoms with E-state index in [9.17, 15) is 13.2 Å². The van der Waals surface area contributed by atoms with Crippen molar-refractivity contribution in [3.05, 3.63) is 47.3 Å². The maximum absolute atomic E-state index is 12.4. The second-order valence-electron chi connectivity index (χ2n) is 3.93. The number of aryl methyl sites for hydroxylation is 2. The van der Waals surface area contributed by atoms with Gasteiger partial charge in [0.25, 0.3) is 0 Å². The highest BCUT2D eigenvalue weighted by Gasteiger charge is 2.33. The van der Waals surface area contributed by atoms with Gasteiger partial charge in [0, 0.05) is 6.20 Å². The van der Waals surface area contributed by atoms with Gasteiger partial charge in [0.15, 0.2) is 5.69 Å². The van der Waals surface area contributed by atoms with E-state index in [4.69, 9.17) is 0 Å². The Kier molecular flexibility index (Phi) is 2.69. The van der Waals surface area contributed by atoms with Crippen LogP contribution < -0.4 is 0 Å². The number of nitrogens with zero attached hydrogens (tertiary/aromatic N) is 2. The highest BCUT2D eigenvalue weighted by Crippen LogP contribution is 2.28. The van der Waals surface area contributed by atoms with E-state index in [1.807, 2.05) is 26.0 Å². The minimum Gasteiger partial charge on any atom is -0.240 e. The molecule has 0 amide bonds. The molecule has 0 saturated carbocycles. The number of aromatic nitrogens is 2. The molecule has 0 unspecified atom stereocenters. The zero-order valence-electron chi connectivity index (χ0n) is 9.42. The van der Waals surface area contributed by atoms with E-state index in [-0.39, 0.29) is 0 Å². The van der Waals surface area contributed by atoms with Crippen molar-refractivity contribution in [3.63, 3.8) is 0 Å². The Bertz CT molecular complexity index is 541. The first-order valence-electron chi connectivity index (χ1n) is 5.08. The molecule has 0 aliphatic carbocycles. The van der Waals surface area contributed by atoms with Crippen molar-refractivity contribution in [1.29, 1.82) is 0 Å². The fourth-order valence-corrected chi connectivity index (χ4v) is 1.67. The predicted molar refractivity (Wildman–Crippen MR) is 58.0 cm³/mol. The maximum atomic E-state index is 12.4. The smallest absolute Gasteiger partial charge is 0.240 e. The molecule has 0 radical (unpaired) electrons. The van der Waals surface area contributed by atoms with Gasteiger partial charge in [-0.25, -0.2) is 4.68 Å². The molecule has 0 aliphatic heterocycles. The van der Waals surface area contributed by atoms with Crippen LogP contribution in [0.5, 0.6) is 0 Å². The standard InChI is InChI=1S/C12H11F3N2/c1-8-3-4-10(9(2)7-8)17-6-5-11(16-17)12(13,14)15/h3-7H,1-2H3. The Morgan fingerprint density at radius 3 is 2.35 bits per heavy atom. The van der Waals surface area contributed by atoms with Crippen LogP contribution in [0.3, 0.4) is 0 Å². The lowest BCUT2D eigenvalue weighted by atomic mass is 10.1. The highest BCUT2D eigenvalue weighted by atomic mass is 19.4. The van der Waals surface area contributed by atoms with E-state index in [1.54, 1.807) is 6.07 Å². The molecule has 0 bridgehead atoms. The van der Waals surface area contributed by atoms with E-state index in [2.05, 4.69) is 5.10 Å². The lowest BCUT2D eigenvalue weighted by Crippen LogP contribution is -2.07. The Morgan fingerprint density at radius 2 is 1.82 bits per heavy atom. The van der Waals surface area contributed by atoms with Crippen LogP contribution in [-0.4, -0.2) is 9.78 Å². The largest absolute Gasteiger partial charge is 0.435 e. The molecule has 0 N–H and O–H groups in total. The van der Waals surface area contributed by atoms with Crippen LogP contribution in [-0.2, 0) is 6.18 Å². The second kappa shape index (κ2) is 3.91. The molecule has 17 heavy (non-hydrogen) atoms. The van der Waals surface area contributed by atoms with Crippen LogP contribution in [0.4, 0.5) is 13.2 Å². The summed E-state index contributed by atoms with van der Waals surface area (Å²) in [6.45, 7) is 3.78.